The van der Waals surface area contributed by atoms with Crippen LogP contribution in [0.2, 0.25) is 0 Å². The van der Waals surface area contributed by atoms with E-state index in [0.29, 0.717) is 5.69 Å². The van der Waals surface area contributed by atoms with Gasteiger partial charge in [0.1, 0.15) is 5.82 Å². The zero-order chi connectivity index (χ0) is 11.6. The van der Waals surface area contributed by atoms with E-state index >= 15 is 0 Å². The molecule has 0 aliphatic rings. The third-order valence-corrected chi connectivity index (χ3v) is 2.32. The molecular formula is C11H15FN2O. The number of nitrogens with zero attached hydrogens (tertiary/aromatic N) is 1. The molecule has 4 heteroatoms. The third kappa shape index (κ3) is 2.46. The Morgan fingerprint density at radius 3 is 2.60 bits per heavy atom. The van der Waals surface area contributed by atoms with Crippen LogP contribution in [0.3, 0.4) is 0 Å². The van der Waals surface area contributed by atoms with Gasteiger partial charge in [-0.25, -0.2) is 4.39 Å². The van der Waals surface area contributed by atoms with Gasteiger partial charge < -0.3 is 10.6 Å². The lowest BCUT2D eigenvalue weighted by Gasteiger charge is -2.21. The molecule has 0 atom stereocenters. The number of carbonyl (C=O) groups excluding carboxylic acids is 1. The molecule has 0 heterocycles. The van der Waals surface area contributed by atoms with Gasteiger partial charge in [-0.1, -0.05) is 0 Å². The first kappa shape index (κ1) is 11.5. The van der Waals surface area contributed by atoms with Crippen LogP contribution in [0.15, 0.2) is 18.2 Å². The van der Waals surface area contributed by atoms with Gasteiger partial charge in [-0.05, 0) is 32.0 Å². The van der Waals surface area contributed by atoms with E-state index in [1.54, 1.807) is 7.05 Å². The average Bonchev–Trinajstić information content (AvgIpc) is 2.19. The summed E-state index contributed by atoms with van der Waals surface area (Å²) >= 11 is 0. The number of nitrogen functional groups attached to an aromatic ring is 1. The summed E-state index contributed by atoms with van der Waals surface area (Å²) in [6.45, 7) is 3.73. The second-order valence-corrected chi connectivity index (χ2v) is 3.75. The Morgan fingerprint density at radius 2 is 2.07 bits per heavy atom. The zero-order valence-corrected chi connectivity index (χ0v) is 9.12. The topological polar surface area (TPSA) is 46.3 Å². The van der Waals surface area contributed by atoms with Crippen LogP contribution in [0.5, 0.6) is 0 Å². The second kappa shape index (κ2) is 4.29. The van der Waals surface area contributed by atoms with Gasteiger partial charge >= 0.3 is 0 Å². The maximum absolute atomic E-state index is 13.3. The van der Waals surface area contributed by atoms with E-state index in [1.807, 2.05) is 13.8 Å². The molecule has 1 aromatic rings. The second-order valence-electron chi connectivity index (χ2n) is 3.75. The SMILES string of the molecule is CC(C)N(C)C(=O)c1cc(N)ccc1F. The lowest BCUT2D eigenvalue weighted by molar-refractivity contribution is 0.0750. The van der Waals surface area contributed by atoms with Crippen molar-refractivity contribution in [2.24, 2.45) is 0 Å². The molecule has 0 radical (unpaired) electrons. The molecule has 0 fully saturated rings. The molecule has 1 aromatic carbocycles. The summed E-state index contributed by atoms with van der Waals surface area (Å²) in [7, 11) is 1.63. The summed E-state index contributed by atoms with van der Waals surface area (Å²) in [6, 6.07) is 4.02. The average molecular weight is 210 g/mol. The summed E-state index contributed by atoms with van der Waals surface area (Å²) in [6.07, 6.45) is 0. The molecule has 0 unspecified atom stereocenters. The monoisotopic (exact) mass is 210 g/mol. The van der Waals surface area contributed by atoms with Gasteiger partial charge in [0, 0.05) is 18.8 Å². The minimum atomic E-state index is -0.540. The van der Waals surface area contributed by atoms with E-state index in [0.717, 1.165) is 0 Å². The normalized spacial score (nSPS) is 10.5. The molecule has 0 saturated carbocycles. The summed E-state index contributed by atoms with van der Waals surface area (Å²) in [5.41, 5.74) is 5.91. The highest BCUT2D eigenvalue weighted by molar-refractivity contribution is 5.95. The molecule has 82 valence electrons. The van der Waals surface area contributed by atoms with Crippen LogP contribution in [-0.4, -0.2) is 23.9 Å². The molecule has 0 aliphatic heterocycles. The van der Waals surface area contributed by atoms with Crippen LogP contribution in [0.25, 0.3) is 0 Å². The highest BCUT2D eigenvalue weighted by Gasteiger charge is 2.18. The van der Waals surface area contributed by atoms with E-state index in [9.17, 15) is 9.18 Å². The van der Waals surface area contributed by atoms with Crippen molar-refractivity contribution in [3.8, 4) is 0 Å². The number of benzene rings is 1. The lowest BCUT2D eigenvalue weighted by atomic mass is 10.1. The van der Waals surface area contributed by atoms with Crippen LogP contribution < -0.4 is 5.73 Å². The van der Waals surface area contributed by atoms with Crippen LogP contribution >= 0.6 is 0 Å². The van der Waals surface area contributed by atoms with Crippen LogP contribution in [0.1, 0.15) is 24.2 Å². The van der Waals surface area contributed by atoms with Crippen molar-refractivity contribution < 1.29 is 9.18 Å². The maximum atomic E-state index is 13.3. The number of rotatable bonds is 2. The molecule has 0 saturated heterocycles. The van der Waals surface area contributed by atoms with E-state index in [-0.39, 0.29) is 17.5 Å². The molecular weight excluding hydrogens is 195 g/mol. The molecule has 0 spiro atoms. The predicted octanol–water partition coefficient (Wildman–Crippen LogP) is 1.89. The van der Waals surface area contributed by atoms with Crippen molar-refractivity contribution in [1.29, 1.82) is 0 Å². The maximum Gasteiger partial charge on any atom is 0.256 e. The molecule has 3 nitrogen and oxygen atoms in total. The number of hydrogen-bond donors (Lipinski definition) is 1. The fourth-order valence-corrected chi connectivity index (χ4v) is 1.13. The first-order chi connectivity index (χ1) is 6.93. The highest BCUT2D eigenvalue weighted by Crippen LogP contribution is 2.14. The molecule has 1 amide bonds. The highest BCUT2D eigenvalue weighted by atomic mass is 19.1. The van der Waals surface area contributed by atoms with E-state index in [1.165, 1.54) is 23.1 Å². The standard InChI is InChI=1S/C11H15FN2O/c1-7(2)14(3)11(15)9-6-8(13)4-5-10(9)12/h4-7H,13H2,1-3H3. The van der Waals surface area contributed by atoms with Crippen molar-refractivity contribution >= 4 is 11.6 Å². The summed E-state index contributed by atoms with van der Waals surface area (Å²) < 4.78 is 13.3. The first-order valence-corrected chi connectivity index (χ1v) is 4.75. The van der Waals surface area contributed by atoms with Crippen molar-refractivity contribution in [2.75, 3.05) is 12.8 Å². The van der Waals surface area contributed by atoms with Crippen LogP contribution in [-0.2, 0) is 0 Å². The molecule has 1 rings (SSSR count). The number of carbonyl (C=O) groups is 1. The Balaban J connectivity index is 3.05. The van der Waals surface area contributed by atoms with E-state index in [2.05, 4.69) is 0 Å². The van der Waals surface area contributed by atoms with Gasteiger partial charge in [0.15, 0.2) is 0 Å². The fraction of sp³-hybridized carbons (Fsp3) is 0.364. The minimum Gasteiger partial charge on any atom is -0.399 e. The Kier molecular flexibility index (Phi) is 3.29. The van der Waals surface area contributed by atoms with Gasteiger partial charge in [0.2, 0.25) is 0 Å². The Labute approximate surface area is 88.7 Å². The van der Waals surface area contributed by atoms with Gasteiger partial charge in [-0.3, -0.25) is 4.79 Å². The largest absolute Gasteiger partial charge is 0.399 e. The summed E-state index contributed by atoms with van der Waals surface area (Å²) in [5.74, 6) is -0.892. The molecule has 15 heavy (non-hydrogen) atoms. The van der Waals surface area contributed by atoms with Gasteiger partial charge in [0.05, 0.1) is 5.56 Å². The fourth-order valence-electron chi connectivity index (χ4n) is 1.13. The van der Waals surface area contributed by atoms with Crippen LogP contribution in [0, 0.1) is 5.82 Å². The lowest BCUT2D eigenvalue weighted by Crippen LogP contribution is -2.33. The van der Waals surface area contributed by atoms with Crippen molar-refractivity contribution in [1.82, 2.24) is 4.90 Å². The van der Waals surface area contributed by atoms with Crippen LogP contribution in [0.4, 0.5) is 10.1 Å². The van der Waals surface area contributed by atoms with Crippen molar-refractivity contribution in [3.63, 3.8) is 0 Å². The number of halogens is 1. The van der Waals surface area contributed by atoms with Gasteiger partial charge in [0.25, 0.3) is 5.91 Å². The smallest absolute Gasteiger partial charge is 0.256 e. The minimum absolute atomic E-state index is 0.0196. The van der Waals surface area contributed by atoms with Crippen molar-refractivity contribution in [2.45, 2.75) is 19.9 Å². The summed E-state index contributed by atoms with van der Waals surface area (Å²) in [4.78, 5) is 13.3. The predicted molar refractivity (Wildman–Crippen MR) is 58.0 cm³/mol. The first-order valence-electron chi connectivity index (χ1n) is 4.75. The van der Waals surface area contributed by atoms with E-state index in [4.69, 9.17) is 5.73 Å². The Hall–Kier alpha value is -1.58. The number of amides is 1. The summed E-state index contributed by atoms with van der Waals surface area (Å²) in [5, 5.41) is 0. The number of anilines is 1. The molecule has 0 aliphatic carbocycles. The quantitative estimate of drug-likeness (QED) is 0.758. The Morgan fingerprint density at radius 1 is 1.47 bits per heavy atom. The van der Waals surface area contributed by atoms with Gasteiger partial charge in [-0.15, -0.1) is 0 Å². The van der Waals surface area contributed by atoms with Gasteiger partial charge in [-0.2, -0.15) is 0 Å². The molecule has 0 bridgehead atoms. The molecule has 2 N–H and O–H groups in total. The van der Waals surface area contributed by atoms with E-state index < -0.39 is 5.82 Å². The molecule has 0 aromatic heterocycles. The number of hydrogen-bond acceptors (Lipinski definition) is 2. The zero-order valence-electron chi connectivity index (χ0n) is 9.12. The van der Waals surface area contributed by atoms with Crippen molar-refractivity contribution in [3.05, 3.63) is 29.6 Å². The number of nitrogens with two attached hydrogens (primary N) is 1. The Bertz CT molecular complexity index is 377. The third-order valence-electron chi connectivity index (χ3n) is 2.32.